The number of halogens is 1. The molecule has 7 nitrogen and oxygen atoms in total. The fraction of sp³-hybridized carbons (Fsp3) is 0.476. The number of rotatable bonds is 7. The van der Waals surface area contributed by atoms with Gasteiger partial charge in [-0.05, 0) is 30.0 Å². The number of anilines is 1. The van der Waals surface area contributed by atoms with Crippen molar-refractivity contribution >= 4 is 39.1 Å². The van der Waals surface area contributed by atoms with Crippen molar-refractivity contribution in [2.45, 2.75) is 56.3 Å². The number of nitrogens with zero attached hydrogens (tertiary/aromatic N) is 2. The zero-order valence-corrected chi connectivity index (χ0v) is 18.7. The van der Waals surface area contributed by atoms with Crippen LogP contribution < -0.4 is 5.32 Å². The molecule has 1 fully saturated rings. The van der Waals surface area contributed by atoms with E-state index in [0.29, 0.717) is 30.1 Å². The number of carbonyl (C=O) groups is 2. The molecule has 162 valence electrons. The molecule has 0 saturated heterocycles. The zero-order valence-electron chi connectivity index (χ0n) is 17.1. The second kappa shape index (κ2) is 9.31. The molecule has 1 amide bonds. The molecule has 1 atom stereocenters. The summed E-state index contributed by atoms with van der Waals surface area (Å²) in [6.45, 7) is 1.74. The van der Waals surface area contributed by atoms with Crippen LogP contribution in [0.15, 0.2) is 35.4 Å². The molecule has 0 bridgehead atoms. The van der Waals surface area contributed by atoms with Gasteiger partial charge in [-0.3, -0.25) is 9.59 Å². The van der Waals surface area contributed by atoms with Crippen LogP contribution in [0, 0.1) is 5.92 Å². The minimum Gasteiger partial charge on any atom is -0.309 e. The first kappa shape index (κ1) is 22.5. The highest BCUT2D eigenvalue weighted by Gasteiger charge is 2.28. The average Bonchev–Trinajstić information content (AvgIpc) is 3.36. The second-order valence-corrected chi connectivity index (χ2v) is 10.2. The molecule has 1 saturated carbocycles. The number of hydrogen-bond acceptors (Lipinski definition) is 5. The SMILES string of the molecule is CCC(=O)n1ccc(NC(=O)C(CC2CCCC2)c2ccc(S(C)(=O)=O)c(Cl)c2)n1. The molecule has 0 spiro atoms. The molecule has 1 aromatic carbocycles. The lowest BCUT2D eigenvalue weighted by Crippen LogP contribution is -2.24. The average molecular weight is 452 g/mol. The van der Waals surface area contributed by atoms with Crippen molar-refractivity contribution in [2.24, 2.45) is 5.92 Å². The summed E-state index contributed by atoms with van der Waals surface area (Å²) in [5.41, 5.74) is 0.667. The Morgan fingerprint density at radius 2 is 1.97 bits per heavy atom. The van der Waals surface area contributed by atoms with E-state index >= 15 is 0 Å². The Hall–Kier alpha value is -2.19. The monoisotopic (exact) mass is 451 g/mol. The lowest BCUT2D eigenvalue weighted by Gasteiger charge is -2.21. The van der Waals surface area contributed by atoms with Gasteiger partial charge < -0.3 is 5.32 Å². The summed E-state index contributed by atoms with van der Waals surface area (Å²) < 4.78 is 24.9. The van der Waals surface area contributed by atoms with Gasteiger partial charge in [-0.2, -0.15) is 0 Å². The topological polar surface area (TPSA) is 98.1 Å². The summed E-state index contributed by atoms with van der Waals surface area (Å²) in [5.74, 6) is -0.183. The molecule has 3 rings (SSSR count). The molecular weight excluding hydrogens is 426 g/mol. The van der Waals surface area contributed by atoms with E-state index in [1.54, 1.807) is 25.1 Å². The van der Waals surface area contributed by atoms with Gasteiger partial charge in [-0.25, -0.2) is 13.1 Å². The maximum Gasteiger partial charge on any atom is 0.246 e. The maximum atomic E-state index is 13.1. The summed E-state index contributed by atoms with van der Waals surface area (Å²) in [6, 6.07) is 6.26. The van der Waals surface area contributed by atoms with E-state index in [1.165, 1.54) is 16.9 Å². The van der Waals surface area contributed by atoms with E-state index in [2.05, 4.69) is 10.4 Å². The highest BCUT2D eigenvalue weighted by Crippen LogP contribution is 2.36. The Morgan fingerprint density at radius 1 is 1.27 bits per heavy atom. The van der Waals surface area contributed by atoms with E-state index in [4.69, 9.17) is 11.6 Å². The smallest absolute Gasteiger partial charge is 0.246 e. The number of amides is 1. The third-order valence-electron chi connectivity index (χ3n) is 5.52. The van der Waals surface area contributed by atoms with Crippen LogP contribution >= 0.6 is 11.6 Å². The fourth-order valence-electron chi connectivity index (χ4n) is 3.91. The molecule has 1 N–H and O–H groups in total. The molecule has 1 heterocycles. The summed E-state index contributed by atoms with van der Waals surface area (Å²) in [6.07, 6.45) is 8.01. The molecule has 1 aliphatic carbocycles. The van der Waals surface area contributed by atoms with Crippen molar-refractivity contribution in [2.75, 3.05) is 11.6 Å². The second-order valence-electron chi connectivity index (χ2n) is 7.78. The summed E-state index contributed by atoms with van der Waals surface area (Å²) in [7, 11) is -3.45. The predicted molar refractivity (Wildman–Crippen MR) is 116 cm³/mol. The van der Waals surface area contributed by atoms with Gasteiger partial charge in [0.05, 0.1) is 15.8 Å². The number of benzene rings is 1. The molecule has 9 heteroatoms. The van der Waals surface area contributed by atoms with Crippen LogP contribution in [0.2, 0.25) is 5.02 Å². The van der Waals surface area contributed by atoms with Gasteiger partial charge in [0.15, 0.2) is 15.7 Å². The van der Waals surface area contributed by atoms with E-state index < -0.39 is 15.8 Å². The van der Waals surface area contributed by atoms with E-state index in [1.807, 2.05) is 0 Å². The van der Waals surface area contributed by atoms with Gasteiger partial charge in [0.2, 0.25) is 11.8 Å². The van der Waals surface area contributed by atoms with Crippen molar-refractivity contribution in [3.8, 4) is 0 Å². The molecule has 0 radical (unpaired) electrons. The normalized spacial score (nSPS) is 15.8. The molecular formula is C21H26ClN3O4S. The Kier molecular flexibility index (Phi) is 6.98. The highest BCUT2D eigenvalue weighted by atomic mass is 35.5. The summed E-state index contributed by atoms with van der Waals surface area (Å²) in [4.78, 5) is 25.0. The Morgan fingerprint density at radius 3 is 2.57 bits per heavy atom. The van der Waals surface area contributed by atoms with Gasteiger partial charge in [-0.1, -0.05) is 50.3 Å². The first-order valence-corrected chi connectivity index (χ1v) is 12.3. The predicted octanol–water partition coefficient (Wildman–Crippen LogP) is 4.29. The van der Waals surface area contributed by atoms with Crippen molar-refractivity contribution < 1.29 is 18.0 Å². The van der Waals surface area contributed by atoms with Crippen LogP contribution in [0.4, 0.5) is 5.82 Å². The van der Waals surface area contributed by atoms with Crippen molar-refractivity contribution in [3.63, 3.8) is 0 Å². The largest absolute Gasteiger partial charge is 0.309 e. The first-order valence-electron chi connectivity index (χ1n) is 10.1. The number of hydrogen-bond donors (Lipinski definition) is 1. The van der Waals surface area contributed by atoms with Gasteiger partial charge in [-0.15, -0.1) is 5.10 Å². The third-order valence-corrected chi connectivity index (χ3v) is 7.10. The number of nitrogens with one attached hydrogen (secondary N) is 1. The number of carbonyl (C=O) groups excluding carboxylic acids is 2. The van der Waals surface area contributed by atoms with Crippen LogP contribution in [0.3, 0.4) is 0 Å². The van der Waals surface area contributed by atoms with Gasteiger partial charge in [0.25, 0.3) is 0 Å². The summed E-state index contributed by atoms with van der Waals surface area (Å²) >= 11 is 6.23. The van der Waals surface area contributed by atoms with Crippen molar-refractivity contribution in [1.82, 2.24) is 9.78 Å². The Bertz CT molecular complexity index is 1040. The minimum absolute atomic E-state index is 0.0461. The van der Waals surface area contributed by atoms with Crippen LogP contribution in [0.5, 0.6) is 0 Å². The van der Waals surface area contributed by atoms with Crippen molar-refractivity contribution in [3.05, 3.63) is 41.0 Å². The maximum absolute atomic E-state index is 13.1. The molecule has 1 aliphatic rings. The van der Waals surface area contributed by atoms with Crippen LogP contribution in [0.25, 0.3) is 0 Å². The van der Waals surface area contributed by atoms with E-state index in [9.17, 15) is 18.0 Å². The standard InChI is InChI=1S/C21H26ClN3O4S/c1-3-20(26)25-11-10-19(24-25)23-21(27)16(12-14-6-4-5-7-14)15-8-9-18(17(22)13-15)30(2,28)29/h8-11,13-14,16H,3-7,12H2,1-2H3,(H,23,24,27). The van der Waals surface area contributed by atoms with E-state index in [0.717, 1.165) is 31.9 Å². The number of sulfone groups is 1. The van der Waals surface area contributed by atoms with Gasteiger partial charge >= 0.3 is 0 Å². The lowest BCUT2D eigenvalue weighted by atomic mass is 9.87. The Labute approximate surface area is 181 Å². The van der Waals surface area contributed by atoms with Crippen molar-refractivity contribution in [1.29, 1.82) is 0 Å². The highest BCUT2D eigenvalue weighted by molar-refractivity contribution is 7.90. The number of aromatic nitrogens is 2. The van der Waals surface area contributed by atoms with Gasteiger partial charge in [0.1, 0.15) is 0 Å². The quantitative estimate of drug-likeness (QED) is 0.676. The van der Waals surface area contributed by atoms with Gasteiger partial charge in [0, 0.05) is 24.9 Å². The fourth-order valence-corrected chi connectivity index (χ4v) is 5.25. The molecule has 0 aliphatic heterocycles. The van der Waals surface area contributed by atoms with Crippen LogP contribution in [-0.4, -0.2) is 36.3 Å². The van der Waals surface area contributed by atoms with Crippen LogP contribution in [-0.2, 0) is 14.6 Å². The first-order chi connectivity index (χ1) is 14.2. The Balaban J connectivity index is 1.86. The zero-order chi connectivity index (χ0) is 21.9. The van der Waals surface area contributed by atoms with E-state index in [-0.39, 0.29) is 21.7 Å². The molecule has 2 aromatic rings. The summed E-state index contributed by atoms with van der Waals surface area (Å²) in [5, 5.41) is 7.02. The molecule has 1 aromatic heterocycles. The molecule has 30 heavy (non-hydrogen) atoms. The molecule has 1 unspecified atom stereocenters. The lowest BCUT2D eigenvalue weighted by molar-refractivity contribution is -0.118. The third kappa shape index (κ3) is 5.29. The minimum atomic E-state index is -3.45. The van der Waals surface area contributed by atoms with Crippen LogP contribution in [0.1, 0.15) is 61.7 Å².